The number of carbonyl (C=O) groups is 2. The van der Waals surface area contributed by atoms with Gasteiger partial charge in [0.05, 0.1) is 12.2 Å². The van der Waals surface area contributed by atoms with Gasteiger partial charge in [-0.1, -0.05) is 35.9 Å². The number of nitrogens with one attached hydrogen (secondary N) is 2. The lowest BCUT2D eigenvalue weighted by Gasteiger charge is -2.16. The standard InChI is InChI=1S/C17H17ClFN3O2/c1-22(10-12-6-8-13(18)9-7-12)11-16(23)21-17(24)20-15-5-3-2-4-14(15)19/h2-9H,10-11H2,1H3,(H2,20,21,23,24). The molecule has 3 amide bonds. The third-order valence-electron chi connectivity index (χ3n) is 3.15. The van der Waals surface area contributed by atoms with E-state index in [1.165, 1.54) is 18.2 Å². The van der Waals surface area contributed by atoms with Crippen molar-refractivity contribution in [3.05, 3.63) is 64.9 Å². The fourth-order valence-corrected chi connectivity index (χ4v) is 2.21. The van der Waals surface area contributed by atoms with Crippen molar-refractivity contribution < 1.29 is 14.0 Å². The molecule has 0 atom stereocenters. The number of hydrogen-bond donors (Lipinski definition) is 2. The molecular weight excluding hydrogens is 333 g/mol. The molecule has 7 heteroatoms. The van der Waals surface area contributed by atoms with E-state index in [9.17, 15) is 14.0 Å². The highest BCUT2D eigenvalue weighted by Crippen LogP contribution is 2.12. The summed E-state index contributed by atoms with van der Waals surface area (Å²) in [6, 6.07) is 12.2. The lowest BCUT2D eigenvalue weighted by molar-refractivity contribution is -0.120. The zero-order valence-corrected chi connectivity index (χ0v) is 13.8. The van der Waals surface area contributed by atoms with Crippen LogP contribution in [0.25, 0.3) is 0 Å². The highest BCUT2D eigenvalue weighted by Gasteiger charge is 2.12. The van der Waals surface area contributed by atoms with Crippen LogP contribution in [0.3, 0.4) is 0 Å². The molecule has 0 saturated heterocycles. The summed E-state index contributed by atoms with van der Waals surface area (Å²) in [6.07, 6.45) is 0. The number of anilines is 1. The number of likely N-dealkylation sites (N-methyl/N-ethyl adjacent to an activating group) is 1. The SMILES string of the molecule is CN(CC(=O)NC(=O)Nc1ccccc1F)Cc1ccc(Cl)cc1. The normalized spacial score (nSPS) is 10.5. The van der Waals surface area contributed by atoms with Gasteiger partial charge in [-0.3, -0.25) is 15.0 Å². The first-order valence-corrected chi connectivity index (χ1v) is 7.60. The largest absolute Gasteiger partial charge is 0.326 e. The Bertz CT molecular complexity index is 722. The van der Waals surface area contributed by atoms with Crippen molar-refractivity contribution in [2.24, 2.45) is 0 Å². The number of rotatable bonds is 5. The fourth-order valence-electron chi connectivity index (χ4n) is 2.08. The summed E-state index contributed by atoms with van der Waals surface area (Å²) in [5.41, 5.74) is 1.00. The highest BCUT2D eigenvalue weighted by molar-refractivity contribution is 6.30. The molecule has 2 aromatic rings. The second kappa shape index (κ2) is 8.42. The van der Waals surface area contributed by atoms with Gasteiger partial charge in [0.2, 0.25) is 5.91 Å². The topological polar surface area (TPSA) is 61.4 Å². The molecule has 0 aliphatic rings. The fraction of sp³-hybridized carbons (Fsp3) is 0.176. The number of nitrogens with zero attached hydrogens (tertiary/aromatic N) is 1. The third kappa shape index (κ3) is 5.64. The minimum atomic E-state index is -0.773. The average molecular weight is 350 g/mol. The van der Waals surface area contributed by atoms with Crippen LogP contribution in [0, 0.1) is 5.82 Å². The van der Waals surface area contributed by atoms with Gasteiger partial charge < -0.3 is 5.32 Å². The monoisotopic (exact) mass is 349 g/mol. The van der Waals surface area contributed by atoms with E-state index in [4.69, 9.17) is 11.6 Å². The van der Waals surface area contributed by atoms with Crippen molar-refractivity contribution in [3.63, 3.8) is 0 Å². The Morgan fingerprint density at radius 2 is 1.79 bits per heavy atom. The smallest absolute Gasteiger partial charge is 0.305 e. The Morgan fingerprint density at radius 1 is 1.12 bits per heavy atom. The van der Waals surface area contributed by atoms with Gasteiger partial charge in [0.15, 0.2) is 0 Å². The summed E-state index contributed by atoms with van der Waals surface area (Å²) < 4.78 is 13.4. The third-order valence-corrected chi connectivity index (χ3v) is 3.41. The van der Waals surface area contributed by atoms with Gasteiger partial charge in [0, 0.05) is 11.6 Å². The summed E-state index contributed by atoms with van der Waals surface area (Å²) in [7, 11) is 1.75. The second-order valence-electron chi connectivity index (χ2n) is 5.28. The van der Waals surface area contributed by atoms with Gasteiger partial charge >= 0.3 is 6.03 Å². The molecule has 24 heavy (non-hydrogen) atoms. The Kier molecular flexibility index (Phi) is 6.28. The van der Waals surface area contributed by atoms with E-state index in [2.05, 4.69) is 10.6 Å². The van der Waals surface area contributed by atoms with E-state index >= 15 is 0 Å². The molecule has 0 heterocycles. The van der Waals surface area contributed by atoms with Gasteiger partial charge in [-0.2, -0.15) is 0 Å². The van der Waals surface area contributed by atoms with Gasteiger partial charge in [0.25, 0.3) is 0 Å². The van der Waals surface area contributed by atoms with E-state index in [1.807, 2.05) is 12.1 Å². The van der Waals surface area contributed by atoms with Crippen molar-refractivity contribution in [1.29, 1.82) is 0 Å². The van der Waals surface area contributed by atoms with Crippen LogP contribution in [-0.4, -0.2) is 30.4 Å². The van der Waals surface area contributed by atoms with Crippen LogP contribution in [0.15, 0.2) is 48.5 Å². The molecule has 0 saturated carbocycles. The van der Waals surface area contributed by atoms with Crippen molar-refractivity contribution in [2.75, 3.05) is 18.9 Å². The summed E-state index contributed by atoms with van der Waals surface area (Å²) in [6.45, 7) is 0.548. The van der Waals surface area contributed by atoms with Crippen LogP contribution in [-0.2, 0) is 11.3 Å². The first kappa shape index (κ1) is 17.9. The van der Waals surface area contributed by atoms with Crippen LogP contribution in [0.1, 0.15) is 5.56 Å². The maximum absolute atomic E-state index is 13.4. The van der Waals surface area contributed by atoms with Crippen molar-refractivity contribution >= 4 is 29.2 Å². The first-order chi connectivity index (χ1) is 11.4. The molecule has 0 aromatic heterocycles. The van der Waals surface area contributed by atoms with Crippen molar-refractivity contribution in [1.82, 2.24) is 10.2 Å². The van der Waals surface area contributed by atoms with Crippen LogP contribution >= 0.6 is 11.6 Å². The summed E-state index contributed by atoms with van der Waals surface area (Å²) in [5, 5.41) is 5.10. The number of urea groups is 1. The first-order valence-electron chi connectivity index (χ1n) is 7.22. The van der Waals surface area contributed by atoms with E-state index in [0.29, 0.717) is 11.6 Å². The Balaban J connectivity index is 1.80. The van der Waals surface area contributed by atoms with Crippen LogP contribution in [0.4, 0.5) is 14.9 Å². The molecule has 2 rings (SSSR count). The zero-order chi connectivity index (χ0) is 17.5. The molecule has 0 fully saturated rings. The molecular formula is C17H17ClFN3O2. The van der Waals surface area contributed by atoms with E-state index in [1.54, 1.807) is 30.1 Å². The lowest BCUT2D eigenvalue weighted by atomic mass is 10.2. The van der Waals surface area contributed by atoms with Crippen LogP contribution in [0.2, 0.25) is 5.02 Å². The molecule has 0 unspecified atom stereocenters. The number of benzene rings is 2. The van der Waals surface area contributed by atoms with Crippen LogP contribution in [0.5, 0.6) is 0 Å². The molecule has 0 radical (unpaired) electrons. The minimum absolute atomic E-state index is 0.0114. The molecule has 0 aliphatic heterocycles. The number of para-hydroxylation sites is 1. The second-order valence-corrected chi connectivity index (χ2v) is 5.72. The molecule has 5 nitrogen and oxygen atoms in total. The highest BCUT2D eigenvalue weighted by atomic mass is 35.5. The minimum Gasteiger partial charge on any atom is -0.305 e. The molecule has 0 aliphatic carbocycles. The van der Waals surface area contributed by atoms with Crippen molar-refractivity contribution in [2.45, 2.75) is 6.54 Å². The van der Waals surface area contributed by atoms with E-state index in [-0.39, 0.29) is 12.2 Å². The number of hydrogen-bond acceptors (Lipinski definition) is 3. The van der Waals surface area contributed by atoms with E-state index in [0.717, 1.165) is 5.56 Å². The zero-order valence-electron chi connectivity index (χ0n) is 13.1. The van der Waals surface area contributed by atoms with Gasteiger partial charge in [-0.05, 0) is 36.9 Å². The molecule has 2 N–H and O–H groups in total. The molecule has 0 bridgehead atoms. The number of halogens is 2. The predicted octanol–water partition coefficient (Wildman–Crippen LogP) is 3.26. The Morgan fingerprint density at radius 3 is 2.46 bits per heavy atom. The number of carbonyl (C=O) groups excluding carboxylic acids is 2. The van der Waals surface area contributed by atoms with Crippen molar-refractivity contribution in [3.8, 4) is 0 Å². The lowest BCUT2D eigenvalue weighted by Crippen LogP contribution is -2.40. The maximum Gasteiger partial charge on any atom is 0.326 e. The Hall–Kier alpha value is -2.44. The van der Waals surface area contributed by atoms with Gasteiger partial charge in [-0.15, -0.1) is 0 Å². The summed E-state index contributed by atoms with van der Waals surface area (Å²) in [4.78, 5) is 25.3. The van der Waals surface area contributed by atoms with Crippen LogP contribution < -0.4 is 10.6 Å². The predicted molar refractivity (Wildman–Crippen MR) is 91.3 cm³/mol. The Labute approximate surface area is 144 Å². The number of imide groups is 1. The molecule has 126 valence electrons. The molecule has 0 spiro atoms. The quantitative estimate of drug-likeness (QED) is 0.871. The maximum atomic E-state index is 13.4. The van der Waals surface area contributed by atoms with Gasteiger partial charge in [-0.25, -0.2) is 9.18 Å². The number of amides is 3. The molecule has 2 aromatic carbocycles. The summed E-state index contributed by atoms with van der Waals surface area (Å²) in [5.74, 6) is -1.06. The average Bonchev–Trinajstić information content (AvgIpc) is 2.51. The van der Waals surface area contributed by atoms with E-state index < -0.39 is 17.8 Å². The van der Waals surface area contributed by atoms with Gasteiger partial charge in [0.1, 0.15) is 5.82 Å². The summed E-state index contributed by atoms with van der Waals surface area (Å²) >= 11 is 5.82.